The van der Waals surface area contributed by atoms with Gasteiger partial charge in [-0.25, -0.2) is 8.78 Å². The number of hydrogen-bond donors (Lipinski definition) is 0. The van der Waals surface area contributed by atoms with E-state index in [1.807, 2.05) is 86.9 Å². The molecule has 6 aliphatic rings. The predicted molar refractivity (Wildman–Crippen MR) is 412 cm³/mol. The number of rotatable bonds is 15. The van der Waals surface area contributed by atoms with Crippen molar-refractivity contribution in [1.29, 1.82) is 0 Å². The number of aromatic nitrogens is 4. The highest BCUT2D eigenvalue weighted by atomic mass is 19.4. The van der Waals surface area contributed by atoms with Crippen molar-refractivity contribution in [2.75, 3.05) is 19.8 Å². The number of aryl methyl sites for hydroxylation is 12. The fraction of sp³-hybridized carbons (Fsp3) is 0.393. The smallest absolute Gasteiger partial charge is 0.411 e. The highest BCUT2D eigenvalue weighted by molar-refractivity contribution is 5.87. The second kappa shape index (κ2) is 34.0. The van der Waals surface area contributed by atoms with Crippen LogP contribution in [0.15, 0.2) is 147 Å². The Morgan fingerprint density at radius 2 is 0.764 bits per heavy atom. The van der Waals surface area contributed by atoms with E-state index in [2.05, 4.69) is 30.3 Å². The second-order valence-electron chi connectivity index (χ2n) is 30.4. The van der Waals surface area contributed by atoms with Gasteiger partial charge >= 0.3 is 6.18 Å². The Balaban J connectivity index is 0.000000137. The van der Waals surface area contributed by atoms with E-state index < -0.39 is 24.8 Å². The number of Topliss-reactive ketones (excluding diaryl/α,β-unsaturated/α-hetero) is 4. The number of fused-ring (bicyclic) bond motifs is 4. The monoisotopic (exact) mass is 1500 g/mol. The lowest BCUT2D eigenvalue weighted by molar-refractivity contribution is -0.176. The van der Waals surface area contributed by atoms with Gasteiger partial charge in [-0.05, 0) is 244 Å². The first-order valence-corrected chi connectivity index (χ1v) is 37.6. The number of carbonyl (C=O) groups is 4. The number of alkyl halides is 5. The lowest BCUT2D eigenvalue weighted by Crippen LogP contribution is -2.41. The van der Waals surface area contributed by atoms with Crippen LogP contribution >= 0.6 is 0 Å². The van der Waals surface area contributed by atoms with Crippen LogP contribution in [0.5, 0.6) is 5.75 Å². The third-order valence-corrected chi connectivity index (χ3v) is 21.7. The van der Waals surface area contributed by atoms with Gasteiger partial charge in [0.05, 0.1) is 19.3 Å². The van der Waals surface area contributed by atoms with Gasteiger partial charge in [-0.15, -0.1) is 0 Å². The SMILES string of the molecule is Cc1cc(-c2cc3c(c(CC4CCOCC4)c2)CC(=O)CC3)cn(C)c1=O.Cc1cc(-c2cc3c(c(COC4CC(F)(F)C4)c2)CC(=O)CC3)cn(C)c1=O.Cc1cc(-c2cc3c(c(COCC(F)(F)F)c2)CC(=O)CC3)cn(C)c1=O.Cc1cc(-c2cc3c(c(COc4ccccc4)c2)CC(=O)CC3)cn(C)c1=O. The number of para-hydroxylation sites is 1. The van der Waals surface area contributed by atoms with E-state index in [4.69, 9.17) is 18.9 Å². The standard InChI is InChI=1S/C24H23NO3.C23H27NO3.C22H23F2NO3.C20H20F3NO3/c1-16-10-19(14-25(2)24(16)27)18-11-17-8-9-21(26)13-23(17)20(12-18)15-28-22-6-4-3-5-7-22;1-15-9-20(14-24(2)23(15)26)18-11-17-3-4-21(25)13-22(17)19(12-18)10-16-5-7-27-8-6-16;1-13-5-16(11-25(2)21(13)27)15-6-14-3-4-18(26)8-20(14)17(7-15)12-28-19-9-22(23,24)10-19;1-12-5-15(9-24(2)19(12)26)14-6-13-3-4-17(25)8-18(13)16(7-14)10-27-11-20(21,22)23/h3-7,10-12,14H,8-9,13,15H2,1-2H3;9,11-12,14,16H,3-8,10,13H2,1-2H3;5-7,11,19H,3-4,8-10,12H2,1-2H3;5-7,9H,3-4,8,10-11H2,1-2H3. The van der Waals surface area contributed by atoms with Gasteiger partial charge in [0.15, 0.2) is 0 Å². The highest BCUT2D eigenvalue weighted by Gasteiger charge is 2.46. The van der Waals surface area contributed by atoms with Gasteiger partial charge in [-0.1, -0.05) is 48.5 Å². The van der Waals surface area contributed by atoms with Crippen molar-refractivity contribution in [3.05, 3.63) is 258 Å². The van der Waals surface area contributed by atoms with E-state index in [1.54, 1.807) is 80.3 Å². The minimum absolute atomic E-state index is 0.0138. The average Bonchev–Trinajstić information content (AvgIpc) is 0.794. The molecule has 4 aromatic heterocycles. The lowest BCUT2D eigenvalue weighted by atomic mass is 9.81. The van der Waals surface area contributed by atoms with Crippen molar-refractivity contribution in [2.24, 2.45) is 34.1 Å². The van der Waals surface area contributed by atoms with Crippen LogP contribution in [-0.4, -0.2) is 79.4 Å². The molecule has 0 N–H and O–H groups in total. The topological polar surface area (TPSA) is 193 Å². The largest absolute Gasteiger partial charge is 0.489 e. The minimum Gasteiger partial charge on any atom is -0.489 e. The zero-order valence-corrected chi connectivity index (χ0v) is 63.6. The molecule has 0 spiro atoms. The summed E-state index contributed by atoms with van der Waals surface area (Å²) in [5.41, 5.74) is 22.8. The third kappa shape index (κ3) is 19.5. The average molecular weight is 1510 g/mol. The Labute approximate surface area is 635 Å². The quantitative estimate of drug-likeness (QED) is 0.0883. The Hall–Kier alpha value is -10.1. The molecule has 0 amide bonds. The van der Waals surface area contributed by atoms with Crippen molar-refractivity contribution in [2.45, 2.75) is 175 Å². The molecule has 1 saturated heterocycles. The van der Waals surface area contributed by atoms with E-state index in [0.717, 1.165) is 146 Å². The maximum atomic E-state index is 13.1. The van der Waals surface area contributed by atoms with Crippen LogP contribution in [0, 0.1) is 33.6 Å². The lowest BCUT2D eigenvalue weighted by Gasteiger charge is -2.35. The normalized spacial score (nSPS) is 16.0. The van der Waals surface area contributed by atoms with Crippen LogP contribution in [0.4, 0.5) is 22.0 Å². The van der Waals surface area contributed by atoms with E-state index >= 15 is 0 Å². The summed E-state index contributed by atoms with van der Waals surface area (Å²) >= 11 is 0. The molecule has 15 rings (SSSR count). The molecule has 21 heteroatoms. The second-order valence-corrected chi connectivity index (χ2v) is 30.4. The summed E-state index contributed by atoms with van der Waals surface area (Å²) in [5, 5.41) is 0. The molecule has 2 fully saturated rings. The molecule has 5 aliphatic carbocycles. The molecule has 576 valence electrons. The van der Waals surface area contributed by atoms with Crippen LogP contribution in [0.2, 0.25) is 0 Å². The molecule has 0 atom stereocenters. The minimum atomic E-state index is -4.40. The zero-order chi connectivity index (χ0) is 78.5. The van der Waals surface area contributed by atoms with Gasteiger partial charge < -0.3 is 37.2 Å². The number of ether oxygens (including phenoxy) is 4. The van der Waals surface area contributed by atoms with E-state index in [9.17, 15) is 60.3 Å². The number of ketones is 4. The van der Waals surface area contributed by atoms with E-state index in [-0.39, 0.29) is 72.1 Å². The molecule has 0 radical (unpaired) electrons. The third-order valence-electron chi connectivity index (χ3n) is 21.7. The molecule has 1 aliphatic heterocycles. The van der Waals surface area contributed by atoms with Crippen molar-refractivity contribution in [3.8, 4) is 50.3 Å². The summed E-state index contributed by atoms with van der Waals surface area (Å²) in [6.07, 6.45) is 11.7. The van der Waals surface area contributed by atoms with Gasteiger partial charge in [0.25, 0.3) is 28.2 Å². The molecule has 16 nitrogen and oxygen atoms in total. The Kier molecular flexibility index (Phi) is 24.6. The fourth-order valence-corrected chi connectivity index (χ4v) is 15.8. The summed E-state index contributed by atoms with van der Waals surface area (Å²) < 4.78 is 91.8. The number of halogens is 5. The van der Waals surface area contributed by atoms with Gasteiger partial charge in [0.1, 0.15) is 42.1 Å². The number of hydrogen-bond acceptors (Lipinski definition) is 12. The van der Waals surface area contributed by atoms with Crippen molar-refractivity contribution in [1.82, 2.24) is 18.3 Å². The Morgan fingerprint density at radius 1 is 0.427 bits per heavy atom. The highest BCUT2D eigenvalue weighted by Crippen LogP contribution is 2.41. The van der Waals surface area contributed by atoms with Gasteiger partial charge in [0.2, 0.25) is 0 Å². The molecule has 0 bridgehead atoms. The molecule has 5 aromatic carbocycles. The molecule has 9 aromatic rings. The molecular formula is C89H93F5N4O12. The zero-order valence-electron chi connectivity index (χ0n) is 63.6. The molecule has 0 unspecified atom stereocenters. The number of carbonyl (C=O) groups excluding carboxylic acids is 4. The van der Waals surface area contributed by atoms with Gasteiger partial charge in [-0.2, -0.15) is 13.2 Å². The Morgan fingerprint density at radius 3 is 1.11 bits per heavy atom. The van der Waals surface area contributed by atoms with E-state index in [0.29, 0.717) is 92.8 Å². The molecule has 1 saturated carbocycles. The first-order valence-electron chi connectivity index (χ1n) is 37.6. The number of pyridine rings is 4. The van der Waals surface area contributed by atoms with Crippen LogP contribution in [-0.2, 0) is 139 Å². The van der Waals surface area contributed by atoms with Crippen LogP contribution < -0.4 is 27.0 Å². The molecular weight excluding hydrogens is 1410 g/mol. The summed E-state index contributed by atoms with van der Waals surface area (Å²) in [6.45, 7) is 7.96. The maximum Gasteiger partial charge on any atom is 0.411 e. The first kappa shape index (κ1) is 79.5. The Bertz CT molecular complexity index is 5180. The number of nitrogens with zero attached hydrogens (tertiary/aromatic N) is 4. The van der Waals surface area contributed by atoms with Crippen LogP contribution in [0.3, 0.4) is 0 Å². The summed E-state index contributed by atoms with van der Waals surface area (Å²) in [4.78, 5) is 96.0. The van der Waals surface area contributed by atoms with Crippen LogP contribution in [0.25, 0.3) is 44.5 Å². The summed E-state index contributed by atoms with van der Waals surface area (Å²) in [7, 11) is 6.95. The summed E-state index contributed by atoms with van der Waals surface area (Å²) in [6, 6.07) is 33.7. The molecule has 110 heavy (non-hydrogen) atoms. The van der Waals surface area contributed by atoms with Crippen molar-refractivity contribution < 1.29 is 60.1 Å². The first-order chi connectivity index (χ1) is 52.4. The van der Waals surface area contributed by atoms with Gasteiger partial charge in [0, 0.05) is 153 Å². The van der Waals surface area contributed by atoms with Crippen LogP contribution in [0.1, 0.15) is 140 Å². The predicted octanol–water partition coefficient (Wildman–Crippen LogP) is 14.6. The fourth-order valence-electron chi connectivity index (χ4n) is 15.8. The van der Waals surface area contributed by atoms with Crippen molar-refractivity contribution >= 4 is 23.1 Å². The summed E-state index contributed by atoms with van der Waals surface area (Å²) in [5.74, 6) is -0.298. The maximum absolute atomic E-state index is 13.1. The number of benzene rings is 5. The van der Waals surface area contributed by atoms with Crippen molar-refractivity contribution in [3.63, 3.8) is 0 Å². The van der Waals surface area contributed by atoms with Gasteiger partial charge in [-0.3, -0.25) is 38.4 Å². The van der Waals surface area contributed by atoms with E-state index in [1.165, 1.54) is 26.8 Å². The molecule has 5 heterocycles.